The number of morpholine rings is 1. The van der Waals surface area contributed by atoms with Crippen molar-refractivity contribution in [1.82, 2.24) is 9.88 Å². The highest BCUT2D eigenvalue weighted by Gasteiger charge is 2.41. The van der Waals surface area contributed by atoms with Crippen molar-refractivity contribution in [3.63, 3.8) is 0 Å². The van der Waals surface area contributed by atoms with Crippen LogP contribution in [0.15, 0.2) is 30.3 Å². The number of amides is 1. The molecule has 1 saturated carbocycles. The van der Waals surface area contributed by atoms with Crippen LogP contribution in [0.3, 0.4) is 0 Å². The molecule has 3 unspecified atom stereocenters. The van der Waals surface area contributed by atoms with Crippen LogP contribution in [0.1, 0.15) is 24.8 Å². The Morgan fingerprint density at radius 1 is 1.40 bits per heavy atom. The SMILES string of the molecule is CN1C(=O)/C(=C\c2ccncc2)OC2CCC(N)CC21. The van der Waals surface area contributed by atoms with Crippen molar-refractivity contribution in [3.8, 4) is 0 Å². The van der Waals surface area contributed by atoms with Crippen LogP contribution in [-0.2, 0) is 9.53 Å². The van der Waals surface area contributed by atoms with Crippen molar-refractivity contribution in [2.24, 2.45) is 5.73 Å². The first-order chi connectivity index (χ1) is 9.65. The molecular formula is C15H19N3O2. The number of pyridine rings is 1. The summed E-state index contributed by atoms with van der Waals surface area (Å²) in [6.45, 7) is 0. The molecule has 1 amide bonds. The summed E-state index contributed by atoms with van der Waals surface area (Å²) in [6.07, 6.45) is 7.91. The van der Waals surface area contributed by atoms with Crippen LogP contribution in [0.25, 0.3) is 6.08 Å². The summed E-state index contributed by atoms with van der Waals surface area (Å²) in [5.41, 5.74) is 6.91. The highest BCUT2D eigenvalue weighted by Crippen LogP contribution is 2.31. The number of aromatic nitrogens is 1. The van der Waals surface area contributed by atoms with Gasteiger partial charge >= 0.3 is 0 Å². The third-order valence-electron chi connectivity index (χ3n) is 4.11. The average Bonchev–Trinajstić information content (AvgIpc) is 2.46. The lowest BCUT2D eigenvalue weighted by Crippen LogP contribution is -2.56. The van der Waals surface area contributed by atoms with Crippen molar-refractivity contribution in [1.29, 1.82) is 0 Å². The fourth-order valence-electron chi connectivity index (χ4n) is 2.94. The Labute approximate surface area is 118 Å². The van der Waals surface area contributed by atoms with Gasteiger partial charge in [-0.05, 0) is 43.0 Å². The van der Waals surface area contributed by atoms with Gasteiger partial charge in [-0.1, -0.05) is 0 Å². The topological polar surface area (TPSA) is 68.5 Å². The summed E-state index contributed by atoms with van der Waals surface area (Å²) in [5.74, 6) is 0.340. The van der Waals surface area contributed by atoms with Gasteiger partial charge in [0, 0.05) is 25.5 Å². The van der Waals surface area contributed by atoms with Gasteiger partial charge in [-0.2, -0.15) is 0 Å². The largest absolute Gasteiger partial charge is 0.482 e. The molecule has 2 aliphatic rings. The van der Waals surface area contributed by atoms with Crippen molar-refractivity contribution >= 4 is 12.0 Å². The van der Waals surface area contributed by atoms with Crippen LogP contribution in [0, 0.1) is 0 Å². The molecule has 5 heteroatoms. The number of nitrogens with zero attached hydrogens (tertiary/aromatic N) is 2. The van der Waals surface area contributed by atoms with E-state index in [1.165, 1.54) is 0 Å². The number of hydrogen-bond acceptors (Lipinski definition) is 4. The molecular weight excluding hydrogens is 254 g/mol. The van der Waals surface area contributed by atoms with Gasteiger partial charge < -0.3 is 15.4 Å². The van der Waals surface area contributed by atoms with E-state index in [1.807, 2.05) is 19.2 Å². The van der Waals surface area contributed by atoms with Crippen LogP contribution in [0.2, 0.25) is 0 Å². The Kier molecular flexibility index (Phi) is 3.44. The van der Waals surface area contributed by atoms with E-state index in [-0.39, 0.29) is 24.1 Å². The zero-order chi connectivity index (χ0) is 14.1. The van der Waals surface area contributed by atoms with Gasteiger partial charge in [-0.25, -0.2) is 0 Å². The minimum Gasteiger partial charge on any atom is -0.482 e. The first-order valence-electron chi connectivity index (χ1n) is 6.96. The number of carbonyl (C=O) groups is 1. The fraction of sp³-hybridized carbons (Fsp3) is 0.467. The molecule has 1 aliphatic heterocycles. The second kappa shape index (κ2) is 5.25. The molecule has 20 heavy (non-hydrogen) atoms. The van der Waals surface area contributed by atoms with Gasteiger partial charge in [0.1, 0.15) is 6.10 Å². The molecule has 1 saturated heterocycles. The monoisotopic (exact) mass is 273 g/mol. The summed E-state index contributed by atoms with van der Waals surface area (Å²) in [5, 5.41) is 0. The molecule has 5 nitrogen and oxygen atoms in total. The van der Waals surface area contributed by atoms with Gasteiger partial charge in [0.25, 0.3) is 5.91 Å². The van der Waals surface area contributed by atoms with Crippen molar-refractivity contribution in [2.75, 3.05) is 7.05 Å². The lowest BCUT2D eigenvalue weighted by atomic mass is 9.87. The summed E-state index contributed by atoms with van der Waals surface area (Å²) >= 11 is 0. The number of hydrogen-bond donors (Lipinski definition) is 1. The van der Waals surface area contributed by atoms with Gasteiger partial charge in [-0.3, -0.25) is 9.78 Å². The Hall–Kier alpha value is -1.88. The van der Waals surface area contributed by atoms with E-state index in [0.717, 1.165) is 24.8 Å². The fourth-order valence-corrected chi connectivity index (χ4v) is 2.94. The normalized spacial score (nSPS) is 31.9. The average molecular weight is 273 g/mol. The van der Waals surface area contributed by atoms with Crippen molar-refractivity contribution < 1.29 is 9.53 Å². The van der Waals surface area contributed by atoms with Crippen molar-refractivity contribution in [3.05, 3.63) is 35.8 Å². The summed E-state index contributed by atoms with van der Waals surface area (Å²) < 4.78 is 5.92. The van der Waals surface area contributed by atoms with Crippen LogP contribution < -0.4 is 5.73 Å². The third kappa shape index (κ3) is 2.41. The first kappa shape index (κ1) is 13.1. The van der Waals surface area contributed by atoms with Crippen LogP contribution in [0.4, 0.5) is 0 Å². The number of nitrogens with two attached hydrogens (primary N) is 1. The Balaban J connectivity index is 1.85. The van der Waals surface area contributed by atoms with Crippen molar-refractivity contribution in [2.45, 2.75) is 37.5 Å². The zero-order valence-electron chi connectivity index (χ0n) is 11.5. The number of fused-ring (bicyclic) bond motifs is 1. The number of carbonyl (C=O) groups excluding carboxylic acids is 1. The lowest BCUT2D eigenvalue weighted by molar-refractivity contribution is -0.146. The number of likely N-dealkylation sites (N-methyl/N-ethyl adjacent to an activating group) is 1. The summed E-state index contributed by atoms with van der Waals surface area (Å²) in [7, 11) is 1.83. The minimum absolute atomic E-state index is 0.0607. The second-order valence-corrected chi connectivity index (χ2v) is 5.50. The van der Waals surface area contributed by atoms with Crippen LogP contribution >= 0.6 is 0 Å². The molecule has 1 aliphatic carbocycles. The maximum Gasteiger partial charge on any atom is 0.289 e. The number of rotatable bonds is 1. The van der Waals surface area contributed by atoms with E-state index in [2.05, 4.69) is 4.98 Å². The molecule has 3 rings (SSSR count). The van der Waals surface area contributed by atoms with Gasteiger partial charge in [0.15, 0.2) is 5.76 Å². The number of ether oxygens (including phenoxy) is 1. The maximum absolute atomic E-state index is 12.4. The second-order valence-electron chi connectivity index (χ2n) is 5.50. The van der Waals surface area contributed by atoms with Crippen LogP contribution in [0.5, 0.6) is 0 Å². The Morgan fingerprint density at radius 2 is 2.15 bits per heavy atom. The van der Waals surface area contributed by atoms with E-state index in [4.69, 9.17) is 10.5 Å². The van der Waals surface area contributed by atoms with Gasteiger partial charge in [0.05, 0.1) is 6.04 Å². The third-order valence-corrected chi connectivity index (χ3v) is 4.11. The summed E-state index contributed by atoms with van der Waals surface area (Å²) in [4.78, 5) is 18.1. The lowest BCUT2D eigenvalue weighted by Gasteiger charge is -2.44. The molecule has 3 atom stereocenters. The molecule has 106 valence electrons. The highest BCUT2D eigenvalue weighted by atomic mass is 16.5. The highest BCUT2D eigenvalue weighted by molar-refractivity contribution is 5.96. The Bertz CT molecular complexity index is 529. The predicted octanol–water partition coefficient (Wildman–Crippen LogP) is 1.16. The predicted molar refractivity (Wildman–Crippen MR) is 75.5 cm³/mol. The standard InChI is InChI=1S/C15H19N3O2/c1-18-12-9-11(16)2-3-13(12)20-14(15(18)19)8-10-4-6-17-7-5-10/h4-8,11-13H,2-3,9,16H2,1H3/b14-8+. The molecule has 0 spiro atoms. The quantitative estimate of drug-likeness (QED) is 0.780. The Morgan fingerprint density at radius 3 is 2.90 bits per heavy atom. The van der Waals surface area contributed by atoms with E-state index in [9.17, 15) is 4.79 Å². The molecule has 1 aromatic rings. The molecule has 0 bridgehead atoms. The minimum atomic E-state index is -0.0721. The molecule has 0 radical (unpaired) electrons. The zero-order valence-corrected chi connectivity index (χ0v) is 11.5. The van der Waals surface area contributed by atoms with E-state index in [0.29, 0.717) is 5.76 Å². The molecule has 2 fully saturated rings. The van der Waals surface area contributed by atoms with Gasteiger partial charge in [0.2, 0.25) is 0 Å². The molecule has 2 N–H and O–H groups in total. The van der Waals surface area contributed by atoms with E-state index >= 15 is 0 Å². The van der Waals surface area contributed by atoms with Gasteiger partial charge in [-0.15, -0.1) is 0 Å². The maximum atomic E-state index is 12.4. The first-order valence-corrected chi connectivity index (χ1v) is 6.96. The molecule has 1 aromatic heterocycles. The van der Waals surface area contributed by atoms with E-state index in [1.54, 1.807) is 23.4 Å². The van der Waals surface area contributed by atoms with Crippen LogP contribution in [-0.4, -0.2) is 41.0 Å². The smallest absolute Gasteiger partial charge is 0.289 e. The summed E-state index contributed by atoms with van der Waals surface area (Å²) in [6, 6.07) is 3.97. The molecule has 2 heterocycles. The molecule has 0 aromatic carbocycles. The van der Waals surface area contributed by atoms with E-state index < -0.39 is 0 Å².